The number of fused-ring (bicyclic) bond motifs is 1. The predicted octanol–water partition coefficient (Wildman–Crippen LogP) is 3.75. The van der Waals surface area contributed by atoms with Crippen LogP contribution in [0.3, 0.4) is 0 Å². The fourth-order valence-corrected chi connectivity index (χ4v) is 3.67. The first kappa shape index (κ1) is 21.8. The summed E-state index contributed by atoms with van der Waals surface area (Å²) in [6, 6.07) is 8.15. The van der Waals surface area contributed by atoms with E-state index in [4.69, 9.17) is 15.7 Å². The van der Waals surface area contributed by atoms with Gasteiger partial charge in [0.05, 0.1) is 23.3 Å². The molecular weight excluding hydrogens is 400 g/mol. The van der Waals surface area contributed by atoms with E-state index < -0.39 is 0 Å². The fourth-order valence-electron chi connectivity index (χ4n) is 3.67. The van der Waals surface area contributed by atoms with Crippen molar-refractivity contribution in [2.24, 2.45) is 10.7 Å². The Labute approximate surface area is 188 Å². The van der Waals surface area contributed by atoms with Gasteiger partial charge < -0.3 is 16.0 Å². The van der Waals surface area contributed by atoms with Crippen LogP contribution in [-0.2, 0) is 0 Å². The van der Waals surface area contributed by atoms with Gasteiger partial charge in [0.25, 0.3) is 0 Å². The highest BCUT2D eigenvalue weighted by Gasteiger charge is 2.15. The van der Waals surface area contributed by atoms with Crippen molar-refractivity contribution >= 4 is 34.5 Å². The average Bonchev–Trinajstić information content (AvgIpc) is 2.80. The molecule has 0 amide bonds. The van der Waals surface area contributed by atoms with Crippen LogP contribution in [0.5, 0.6) is 0 Å². The van der Waals surface area contributed by atoms with Crippen LogP contribution in [0.4, 0.5) is 11.6 Å². The molecule has 8 nitrogen and oxygen atoms in total. The lowest BCUT2D eigenvalue weighted by Gasteiger charge is -2.26. The molecule has 3 N–H and O–H groups in total. The normalized spacial score (nSPS) is 16.3. The quantitative estimate of drug-likeness (QED) is 0.574. The molecular formula is C24H30N8. The highest BCUT2D eigenvalue weighted by atomic mass is 15.2. The van der Waals surface area contributed by atoms with Crippen molar-refractivity contribution in [1.82, 2.24) is 25.1 Å². The molecule has 0 aliphatic carbocycles. The number of nitrogens with two attached hydrogens (primary N) is 1. The number of pyridine rings is 2. The molecule has 4 rings (SSSR count). The summed E-state index contributed by atoms with van der Waals surface area (Å²) >= 11 is 0. The van der Waals surface area contributed by atoms with E-state index in [2.05, 4.69) is 46.3 Å². The van der Waals surface area contributed by atoms with Gasteiger partial charge in [-0.2, -0.15) is 5.10 Å². The second-order valence-electron chi connectivity index (χ2n) is 8.55. The lowest BCUT2D eigenvalue weighted by atomic mass is 10.1. The number of anilines is 2. The molecule has 0 atom stereocenters. The molecule has 1 fully saturated rings. The molecule has 0 radical (unpaired) electrons. The number of nitrogens with one attached hydrogen (secondary N) is 1. The van der Waals surface area contributed by atoms with Gasteiger partial charge in [-0.05, 0) is 68.7 Å². The molecule has 0 spiro atoms. The number of aromatic nitrogens is 4. The van der Waals surface area contributed by atoms with Crippen LogP contribution < -0.4 is 11.1 Å². The Morgan fingerprint density at radius 2 is 1.97 bits per heavy atom. The second kappa shape index (κ2) is 9.82. The summed E-state index contributed by atoms with van der Waals surface area (Å²) in [5, 5.41) is 11.5. The van der Waals surface area contributed by atoms with E-state index >= 15 is 0 Å². The van der Waals surface area contributed by atoms with Crippen molar-refractivity contribution in [1.29, 1.82) is 0 Å². The monoisotopic (exact) mass is 430 g/mol. The van der Waals surface area contributed by atoms with Gasteiger partial charge in [0.2, 0.25) is 0 Å². The maximum atomic E-state index is 5.92. The first-order valence-electron chi connectivity index (χ1n) is 11.0. The van der Waals surface area contributed by atoms with Crippen molar-refractivity contribution < 1.29 is 0 Å². The summed E-state index contributed by atoms with van der Waals surface area (Å²) in [7, 11) is 2.15. The summed E-state index contributed by atoms with van der Waals surface area (Å²) in [4.78, 5) is 16.4. The van der Waals surface area contributed by atoms with Crippen molar-refractivity contribution in [3.8, 4) is 0 Å². The van der Waals surface area contributed by atoms with Crippen molar-refractivity contribution in [3.05, 3.63) is 54.0 Å². The lowest BCUT2D eigenvalue weighted by molar-refractivity contribution is 0.257. The van der Waals surface area contributed by atoms with Gasteiger partial charge in [-0.25, -0.2) is 4.98 Å². The number of aliphatic imine (C=N–C) groups is 1. The Kier molecular flexibility index (Phi) is 6.70. The van der Waals surface area contributed by atoms with Crippen molar-refractivity contribution in [2.75, 3.05) is 25.5 Å². The smallest absolute Gasteiger partial charge is 0.154 e. The van der Waals surface area contributed by atoms with Crippen LogP contribution in [0.1, 0.15) is 43.7 Å². The topological polar surface area (TPSA) is 105 Å². The van der Waals surface area contributed by atoms with E-state index in [1.165, 1.54) is 0 Å². The number of allylic oxidation sites excluding steroid dienone is 1. The maximum absolute atomic E-state index is 5.92. The zero-order valence-corrected chi connectivity index (χ0v) is 18.9. The SMILES string of the molecule is CC(C)c1cnnc(Nc2ccc3ncc(C(C=NC4CCN(C)CC4)=CN)cc3n2)c1. The number of piperidine rings is 1. The van der Waals surface area contributed by atoms with E-state index in [1.54, 1.807) is 12.4 Å². The molecule has 0 unspecified atom stereocenters. The number of rotatable bonds is 6. The highest BCUT2D eigenvalue weighted by molar-refractivity contribution is 6.10. The fraction of sp³-hybridized carbons (Fsp3) is 0.375. The molecule has 8 heteroatoms. The van der Waals surface area contributed by atoms with Gasteiger partial charge in [0.1, 0.15) is 5.82 Å². The average molecular weight is 431 g/mol. The van der Waals surface area contributed by atoms with Crippen LogP contribution in [0.25, 0.3) is 16.6 Å². The summed E-state index contributed by atoms with van der Waals surface area (Å²) < 4.78 is 0. The Bertz CT molecular complexity index is 1130. The maximum Gasteiger partial charge on any atom is 0.154 e. The van der Waals surface area contributed by atoms with Crippen LogP contribution in [0, 0.1) is 0 Å². The lowest BCUT2D eigenvalue weighted by Crippen LogP contribution is -2.32. The minimum absolute atomic E-state index is 0.339. The number of hydrogen-bond acceptors (Lipinski definition) is 8. The molecule has 0 saturated carbocycles. The van der Waals surface area contributed by atoms with E-state index in [0.29, 0.717) is 23.6 Å². The molecule has 0 aromatic carbocycles. The van der Waals surface area contributed by atoms with Gasteiger partial charge in [0, 0.05) is 29.7 Å². The van der Waals surface area contributed by atoms with Crippen LogP contribution in [-0.4, -0.2) is 57.5 Å². The number of hydrogen-bond donors (Lipinski definition) is 2. The first-order chi connectivity index (χ1) is 15.5. The standard InChI is InChI=1S/C24H30N8/c1-16(2)17-11-24(31-28-15-17)30-23-5-4-21-22(29-23)10-18(13-27-21)19(12-25)14-26-20-6-8-32(3)9-7-20/h4-5,10-16,20H,6-9,25H2,1-3H3,(H,29,30,31). The van der Waals surface area contributed by atoms with Gasteiger partial charge in [-0.3, -0.25) is 9.98 Å². The van der Waals surface area contributed by atoms with Crippen LogP contribution in [0.15, 0.2) is 47.9 Å². The largest absolute Gasteiger partial charge is 0.404 e. The summed E-state index contributed by atoms with van der Waals surface area (Å²) in [6.07, 6.45) is 9.18. The summed E-state index contributed by atoms with van der Waals surface area (Å²) in [5.41, 5.74) is 10.4. The van der Waals surface area contributed by atoms with Gasteiger partial charge in [0.15, 0.2) is 5.82 Å². The van der Waals surface area contributed by atoms with E-state index in [1.807, 2.05) is 36.7 Å². The van der Waals surface area contributed by atoms with Crippen LogP contribution in [0.2, 0.25) is 0 Å². The predicted molar refractivity (Wildman–Crippen MR) is 130 cm³/mol. The Morgan fingerprint density at radius 3 is 2.72 bits per heavy atom. The molecule has 1 aliphatic heterocycles. The zero-order chi connectivity index (χ0) is 22.5. The molecule has 1 aliphatic rings. The number of nitrogens with zero attached hydrogens (tertiary/aromatic N) is 6. The Morgan fingerprint density at radius 1 is 1.16 bits per heavy atom. The first-order valence-corrected chi connectivity index (χ1v) is 11.0. The third-order valence-corrected chi connectivity index (χ3v) is 5.76. The van der Waals surface area contributed by atoms with Crippen LogP contribution >= 0.6 is 0 Å². The molecule has 3 aromatic heterocycles. The second-order valence-corrected chi connectivity index (χ2v) is 8.55. The van der Waals surface area contributed by atoms with Crippen molar-refractivity contribution in [2.45, 2.75) is 38.6 Å². The minimum Gasteiger partial charge on any atom is -0.404 e. The third-order valence-electron chi connectivity index (χ3n) is 5.76. The molecule has 166 valence electrons. The van der Waals surface area contributed by atoms with Crippen molar-refractivity contribution in [3.63, 3.8) is 0 Å². The highest BCUT2D eigenvalue weighted by Crippen LogP contribution is 2.22. The Balaban J connectivity index is 1.54. The summed E-state index contributed by atoms with van der Waals surface area (Å²) in [6.45, 7) is 6.40. The third kappa shape index (κ3) is 5.26. The zero-order valence-electron chi connectivity index (χ0n) is 18.9. The van der Waals surface area contributed by atoms with Gasteiger partial charge >= 0.3 is 0 Å². The van der Waals surface area contributed by atoms with E-state index in [9.17, 15) is 0 Å². The molecule has 3 aromatic rings. The minimum atomic E-state index is 0.339. The Hall–Kier alpha value is -3.39. The van der Waals surface area contributed by atoms with Gasteiger partial charge in [-0.1, -0.05) is 13.8 Å². The van der Waals surface area contributed by atoms with Gasteiger partial charge in [-0.15, -0.1) is 5.10 Å². The molecule has 32 heavy (non-hydrogen) atoms. The molecule has 4 heterocycles. The molecule has 1 saturated heterocycles. The van der Waals surface area contributed by atoms with E-state index in [-0.39, 0.29) is 0 Å². The summed E-state index contributed by atoms with van der Waals surface area (Å²) in [5.74, 6) is 1.73. The van der Waals surface area contributed by atoms with E-state index in [0.717, 1.165) is 53.7 Å². The molecule has 0 bridgehead atoms. The number of likely N-dealkylation sites (tertiary alicyclic amines) is 1.